The molecule has 0 N–H and O–H groups in total. The van der Waals surface area contributed by atoms with Gasteiger partial charge in [0.25, 0.3) is 0 Å². The predicted molar refractivity (Wildman–Crippen MR) is 197 cm³/mol. The fourth-order valence-corrected chi connectivity index (χ4v) is 7.51. The number of rotatable bonds is 5. The second-order valence-corrected chi connectivity index (χ2v) is 11.8. The Hall–Kier alpha value is -6.06. The van der Waals surface area contributed by atoms with E-state index in [1.807, 2.05) is 6.08 Å². The van der Waals surface area contributed by atoms with Gasteiger partial charge in [-0.05, 0) is 67.6 Å². The zero-order valence-electron chi connectivity index (χ0n) is 25.6. The maximum atomic E-state index is 4.23. The maximum Gasteiger partial charge on any atom is 0.0641 e. The fraction of sp³-hybridized carbons (Fsp3) is 0.0233. The minimum Gasteiger partial charge on any atom is -0.309 e. The van der Waals surface area contributed by atoms with Crippen molar-refractivity contribution < 1.29 is 0 Å². The molecular formula is C43H31N3. The molecule has 0 atom stereocenters. The Balaban J connectivity index is 1.38. The Bertz CT molecular complexity index is 2660. The zero-order chi connectivity index (χ0) is 30.8. The van der Waals surface area contributed by atoms with Crippen LogP contribution in [0.1, 0.15) is 18.2 Å². The predicted octanol–water partition coefficient (Wildman–Crippen LogP) is 11.5. The summed E-state index contributed by atoms with van der Waals surface area (Å²) in [5, 5.41) is 6.23. The van der Waals surface area contributed by atoms with Crippen LogP contribution in [0.4, 0.5) is 0 Å². The van der Waals surface area contributed by atoms with Crippen LogP contribution < -0.4 is 0 Å². The molecular weight excluding hydrogens is 558 g/mol. The summed E-state index contributed by atoms with van der Waals surface area (Å²) in [6.07, 6.45) is 6.26. The first-order valence-electron chi connectivity index (χ1n) is 15.8. The summed E-state index contributed by atoms with van der Waals surface area (Å²) in [6, 6.07) is 50.4. The van der Waals surface area contributed by atoms with E-state index in [0.717, 1.165) is 22.8 Å². The first kappa shape index (κ1) is 26.4. The van der Waals surface area contributed by atoms with Crippen LogP contribution in [-0.2, 0) is 0 Å². The highest BCUT2D eigenvalue weighted by Crippen LogP contribution is 2.42. The number of fused-ring (bicyclic) bond motifs is 8. The van der Waals surface area contributed by atoms with Crippen LogP contribution in [0, 0.1) is 0 Å². The average Bonchev–Trinajstić information content (AvgIpc) is 3.74. The lowest BCUT2D eigenvalue weighted by molar-refractivity contribution is 1.09. The fourth-order valence-electron chi connectivity index (χ4n) is 7.51. The smallest absolute Gasteiger partial charge is 0.0641 e. The van der Waals surface area contributed by atoms with Gasteiger partial charge in [-0.15, -0.1) is 0 Å². The van der Waals surface area contributed by atoms with Crippen LogP contribution in [0.5, 0.6) is 0 Å². The van der Waals surface area contributed by atoms with Crippen molar-refractivity contribution in [2.24, 2.45) is 0 Å². The van der Waals surface area contributed by atoms with E-state index in [4.69, 9.17) is 0 Å². The molecule has 9 rings (SSSR count). The molecule has 0 saturated carbocycles. The summed E-state index contributed by atoms with van der Waals surface area (Å²) in [6.45, 7) is 6.29. The molecule has 0 fully saturated rings. The van der Waals surface area contributed by atoms with Crippen molar-refractivity contribution in [3.63, 3.8) is 0 Å². The summed E-state index contributed by atoms with van der Waals surface area (Å²) in [5.74, 6) is 0. The largest absolute Gasteiger partial charge is 0.309 e. The first-order valence-corrected chi connectivity index (χ1v) is 15.8. The average molecular weight is 590 g/mol. The minimum absolute atomic E-state index is 1.09. The Morgan fingerprint density at radius 1 is 0.478 bits per heavy atom. The molecule has 218 valence electrons. The number of allylic oxidation sites excluding steroid dienone is 1. The molecule has 46 heavy (non-hydrogen) atoms. The van der Waals surface area contributed by atoms with E-state index in [0.29, 0.717) is 0 Å². The van der Waals surface area contributed by atoms with Gasteiger partial charge in [0.2, 0.25) is 0 Å². The molecule has 0 radical (unpaired) electrons. The van der Waals surface area contributed by atoms with E-state index in [1.165, 1.54) is 60.1 Å². The number of aromatic nitrogens is 3. The molecule has 0 amide bonds. The van der Waals surface area contributed by atoms with Gasteiger partial charge in [-0.2, -0.15) is 0 Å². The van der Waals surface area contributed by atoms with E-state index >= 15 is 0 Å². The van der Waals surface area contributed by atoms with Crippen LogP contribution in [0.15, 0.2) is 152 Å². The monoisotopic (exact) mass is 589 g/mol. The van der Waals surface area contributed by atoms with Crippen molar-refractivity contribution in [2.75, 3.05) is 0 Å². The van der Waals surface area contributed by atoms with Gasteiger partial charge in [0.05, 0.1) is 33.3 Å². The van der Waals surface area contributed by atoms with Gasteiger partial charge in [-0.3, -0.25) is 0 Å². The summed E-state index contributed by atoms with van der Waals surface area (Å²) < 4.78 is 7.19. The molecule has 3 nitrogen and oxygen atoms in total. The second-order valence-electron chi connectivity index (χ2n) is 11.8. The lowest BCUT2D eigenvalue weighted by Gasteiger charge is -2.13. The highest BCUT2D eigenvalue weighted by molar-refractivity contribution is 6.26. The van der Waals surface area contributed by atoms with Gasteiger partial charge in [0, 0.05) is 49.6 Å². The molecule has 0 spiro atoms. The van der Waals surface area contributed by atoms with E-state index < -0.39 is 0 Å². The van der Waals surface area contributed by atoms with Crippen LogP contribution in [0.2, 0.25) is 0 Å². The highest BCUT2D eigenvalue weighted by Gasteiger charge is 2.21. The molecule has 0 bridgehead atoms. The molecule has 3 aromatic heterocycles. The van der Waals surface area contributed by atoms with E-state index in [1.54, 1.807) is 0 Å². The highest BCUT2D eigenvalue weighted by atomic mass is 15.0. The molecule has 0 aliphatic rings. The van der Waals surface area contributed by atoms with Crippen molar-refractivity contribution in [1.29, 1.82) is 0 Å². The molecule has 3 heteroatoms. The van der Waals surface area contributed by atoms with Gasteiger partial charge in [-0.1, -0.05) is 104 Å². The van der Waals surface area contributed by atoms with Gasteiger partial charge in [-0.25, -0.2) is 0 Å². The SMILES string of the molecule is C=Cc1c(/C=C\C)c2ccccc2n1-c1cccc(-n2c3ccccc3c3c2ccc2c4ccccc4n(-c4ccccc4)c23)c1. The molecule has 6 aromatic carbocycles. The first-order chi connectivity index (χ1) is 22.8. The number of benzene rings is 6. The van der Waals surface area contributed by atoms with Crippen molar-refractivity contribution in [3.05, 3.63) is 163 Å². The summed E-state index contributed by atoms with van der Waals surface area (Å²) >= 11 is 0. The summed E-state index contributed by atoms with van der Waals surface area (Å²) in [4.78, 5) is 0. The number of hydrogen-bond acceptors (Lipinski definition) is 0. The third kappa shape index (κ3) is 3.66. The molecule has 0 unspecified atom stereocenters. The van der Waals surface area contributed by atoms with Crippen molar-refractivity contribution in [1.82, 2.24) is 13.7 Å². The normalized spacial score (nSPS) is 12.0. The molecule has 0 aliphatic heterocycles. The van der Waals surface area contributed by atoms with E-state index in [2.05, 4.69) is 179 Å². The third-order valence-corrected chi connectivity index (χ3v) is 9.31. The van der Waals surface area contributed by atoms with E-state index in [-0.39, 0.29) is 0 Å². The van der Waals surface area contributed by atoms with Crippen LogP contribution >= 0.6 is 0 Å². The molecule has 9 aromatic rings. The van der Waals surface area contributed by atoms with Crippen molar-refractivity contribution in [2.45, 2.75) is 6.92 Å². The van der Waals surface area contributed by atoms with Crippen molar-refractivity contribution >= 4 is 66.7 Å². The van der Waals surface area contributed by atoms with Crippen LogP contribution in [-0.4, -0.2) is 13.7 Å². The lowest BCUT2D eigenvalue weighted by atomic mass is 10.1. The maximum absolute atomic E-state index is 4.23. The van der Waals surface area contributed by atoms with Gasteiger partial charge >= 0.3 is 0 Å². The quantitative estimate of drug-likeness (QED) is 0.190. The van der Waals surface area contributed by atoms with Gasteiger partial charge in [0.15, 0.2) is 0 Å². The number of hydrogen-bond donors (Lipinski definition) is 0. The zero-order valence-corrected chi connectivity index (χ0v) is 25.6. The Labute approximate surface area is 267 Å². The van der Waals surface area contributed by atoms with Crippen LogP contribution in [0.25, 0.3) is 83.7 Å². The topological polar surface area (TPSA) is 14.8 Å². The third-order valence-electron chi connectivity index (χ3n) is 9.31. The minimum atomic E-state index is 1.09. The number of nitrogens with zero attached hydrogens (tertiary/aromatic N) is 3. The lowest BCUT2D eigenvalue weighted by Crippen LogP contribution is -2.00. The number of para-hydroxylation sites is 4. The van der Waals surface area contributed by atoms with Gasteiger partial charge < -0.3 is 13.7 Å². The van der Waals surface area contributed by atoms with Crippen molar-refractivity contribution in [3.8, 4) is 17.1 Å². The standard InChI is InChI=1S/C43H31N3/c1-3-15-32-33-20-8-11-23-38(33)44(37(32)4-2)30-18-14-19-31(28-30)45-40-25-13-10-22-36(40)42-41(45)27-26-35-34-21-9-12-24-39(34)46(43(35)42)29-16-6-5-7-17-29/h3-28H,2H2,1H3/b15-3-. The molecule has 0 aliphatic carbocycles. The second kappa shape index (κ2) is 10.3. The van der Waals surface area contributed by atoms with E-state index in [9.17, 15) is 0 Å². The Morgan fingerprint density at radius 3 is 1.78 bits per heavy atom. The Kier molecular flexibility index (Phi) is 5.87. The summed E-state index contributed by atoms with van der Waals surface area (Å²) in [7, 11) is 0. The summed E-state index contributed by atoms with van der Waals surface area (Å²) in [5.41, 5.74) is 11.6. The molecule has 0 saturated heterocycles. The molecule has 3 heterocycles. The van der Waals surface area contributed by atoms with Gasteiger partial charge in [0.1, 0.15) is 0 Å². The van der Waals surface area contributed by atoms with Crippen LogP contribution in [0.3, 0.4) is 0 Å². The Morgan fingerprint density at radius 2 is 1.07 bits per heavy atom.